The molecule has 74 valence electrons. The molecule has 0 bridgehead atoms. The fourth-order valence-corrected chi connectivity index (χ4v) is 0.527. The zero-order valence-corrected chi connectivity index (χ0v) is 7.27. The fraction of sp³-hybridized carbons (Fsp3) is 0.857. The van der Waals surface area contributed by atoms with Gasteiger partial charge in [0.25, 0.3) is 0 Å². The number of carbonyl (C=O) groups is 1. The molecular formula is C7H16O5. The van der Waals surface area contributed by atoms with Gasteiger partial charge in [-0.2, -0.15) is 0 Å². The highest BCUT2D eigenvalue weighted by Crippen LogP contribution is 2.07. The number of carboxylic acid groups (broad SMARTS) is 2. The number of hydrogen-bond donors (Lipinski definition) is 4. The van der Waals surface area contributed by atoms with Crippen LogP contribution >= 0.6 is 0 Å². The summed E-state index contributed by atoms with van der Waals surface area (Å²) in [7, 11) is 0. The zero-order valence-electron chi connectivity index (χ0n) is 7.27. The van der Waals surface area contributed by atoms with Crippen molar-refractivity contribution in [1.82, 2.24) is 0 Å². The van der Waals surface area contributed by atoms with Crippen molar-refractivity contribution in [3.8, 4) is 0 Å². The van der Waals surface area contributed by atoms with Crippen LogP contribution in [0.25, 0.3) is 0 Å². The third-order valence-electron chi connectivity index (χ3n) is 1.31. The van der Waals surface area contributed by atoms with Crippen LogP contribution in [0.2, 0.25) is 0 Å². The molecule has 12 heavy (non-hydrogen) atoms. The molecule has 0 amide bonds. The second-order valence-corrected chi connectivity index (χ2v) is 2.51. The van der Waals surface area contributed by atoms with Gasteiger partial charge in [-0.05, 0) is 5.92 Å². The average molecular weight is 180 g/mol. The van der Waals surface area contributed by atoms with Gasteiger partial charge >= 0.3 is 6.16 Å². The third-order valence-corrected chi connectivity index (χ3v) is 1.31. The smallest absolute Gasteiger partial charge is 0.450 e. The van der Waals surface area contributed by atoms with Crippen LogP contribution in [0.3, 0.4) is 0 Å². The minimum atomic E-state index is -1.83. The van der Waals surface area contributed by atoms with Crippen molar-refractivity contribution in [2.24, 2.45) is 5.92 Å². The molecule has 0 fully saturated rings. The van der Waals surface area contributed by atoms with E-state index in [4.69, 9.17) is 25.2 Å². The van der Waals surface area contributed by atoms with E-state index in [-0.39, 0.29) is 0 Å². The number of aliphatic hydroxyl groups is 2. The summed E-state index contributed by atoms with van der Waals surface area (Å²) in [5.74, 6) is 0.426. The molecule has 1 atom stereocenters. The van der Waals surface area contributed by atoms with Gasteiger partial charge in [0, 0.05) is 6.42 Å². The van der Waals surface area contributed by atoms with E-state index in [9.17, 15) is 0 Å². The summed E-state index contributed by atoms with van der Waals surface area (Å²) in [6.07, 6.45) is -1.45. The largest absolute Gasteiger partial charge is 0.503 e. The Morgan fingerprint density at radius 3 is 1.75 bits per heavy atom. The van der Waals surface area contributed by atoms with Crippen LogP contribution in [-0.2, 0) is 0 Å². The highest BCUT2D eigenvalue weighted by atomic mass is 16.6. The Morgan fingerprint density at radius 2 is 1.67 bits per heavy atom. The Morgan fingerprint density at radius 1 is 1.33 bits per heavy atom. The molecule has 5 heteroatoms. The van der Waals surface area contributed by atoms with Crippen LogP contribution in [-0.4, -0.2) is 32.9 Å². The van der Waals surface area contributed by atoms with Crippen molar-refractivity contribution in [3.63, 3.8) is 0 Å². The van der Waals surface area contributed by atoms with Crippen molar-refractivity contribution in [1.29, 1.82) is 0 Å². The quantitative estimate of drug-likeness (QED) is 0.485. The van der Waals surface area contributed by atoms with E-state index in [0.29, 0.717) is 12.3 Å². The second-order valence-electron chi connectivity index (χ2n) is 2.51. The van der Waals surface area contributed by atoms with Gasteiger partial charge in [-0.15, -0.1) is 0 Å². The topological polar surface area (TPSA) is 98.0 Å². The van der Waals surface area contributed by atoms with E-state index in [1.54, 1.807) is 0 Å². The lowest BCUT2D eigenvalue weighted by atomic mass is 10.1. The molecule has 0 rings (SSSR count). The van der Waals surface area contributed by atoms with Crippen LogP contribution in [0, 0.1) is 5.92 Å². The fourth-order valence-electron chi connectivity index (χ4n) is 0.527. The minimum Gasteiger partial charge on any atom is -0.450 e. The normalized spacial score (nSPS) is 11.8. The summed E-state index contributed by atoms with van der Waals surface area (Å²) in [4.78, 5) is 8.56. The molecule has 0 aliphatic rings. The van der Waals surface area contributed by atoms with E-state index in [2.05, 4.69) is 0 Å². The maximum atomic E-state index is 8.56. The maximum absolute atomic E-state index is 8.56. The maximum Gasteiger partial charge on any atom is 0.503 e. The van der Waals surface area contributed by atoms with Crippen LogP contribution < -0.4 is 0 Å². The second kappa shape index (κ2) is 8.29. The predicted octanol–water partition coefficient (Wildman–Crippen LogP) is 0.956. The van der Waals surface area contributed by atoms with Gasteiger partial charge in [0.15, 0.2) is 6.29 Å². The van der Waals surface area contributed by atoms with Crippen molar-refractivity contribution in [3.05, 3.63) is 0 Å². The standard InChI is InChI=1S/C6H14O2.CH2O3/c1-3-5(2)4-6(7)8;2-1(3)4/h5-8H,3-4H2,1-2H3;(H2,2,3,4). The SMILES string of the molecule is CCC(C)CC(O)O.O=C(O)O. The molecule has 0 spiro atoms. The molecule has 0 aliphatic heterocycles. The molecule has 0 saturated heterocycles. The van der Waals surface area contributed by atoms with Crippen LogP contribution in [0.5, 0.6) is 0 Å². The Kier molecular flexibility index (Phi) is 9.50. The van der Waals surface area contributed by atoms with E-state index in [1.165, 1.54) is 0 Å². The average Bonchev–Trinajstić information content (AvgIpc) is 1.84. The highest BCUT2D eigenvalue weighted by Gasteiger charge is 2.02. The van der Waals surface area contributed by atoms with Crippen molar-refractivity contribution >= 4 is 6.16 Å². The van der Waals surface area contributed by atoms with Crippen molar-refractivity contribution in [2.45, 2.75) is 33.0 Å². The van der Waals surface area contributed by atoms with Gasteiger partial charge in [0.2, 0.25) is 0 Å². The van der Waals surface area contributed by atoms with E-state index < -0.39 is 12.4 Å². The first-order valence-electron chi connectivity index (χ1n) is 3.68. The Hall–Kier alpha value is -0.810. The summed E-state index contributed by atoms with van der Waals surface area (Å²) in [6, 6.07) is 0. The highest BCUT2D eigenvalue weighted by molar-refractivity contribution is 5.53. The van der Waals surface area contributed by atoms with Crippen LogP contribution in [0.4, 0.5) is 4.79 Å². The molecule has 0 aromatic heterocycles. The summed E-state index contributed by atoms with van der Waals surface area (Å²) in [5.41, 5.74) is 0. The zero-order chi connectivity index (χ0) is 10.1. The first-order valence-corrected chi connectivity index (χ1v) is 3.68. The van der Waals surface area contributed by atoms with Crippen LogP contribution in [0.1, 0.15) is 26.7 Å². The predicted molar refractivity (Wildman–Crippen MR) is 43.0 cm³/mol. The summed E-state index contributed by atoms with van der Waals surface area (Å²) >= 11 is 0. The van der Waals surface area contributed by atoms with Crippen molar-refractivity contribution in [2.75, 3.05) is 0 Å². The monoisotopic (exact) mass is 180 g/mol. The molecule has 5 nitrogen and oxygen atoms in total. The van der Waals surface area contributed by atoms with Gasteiger partial charge in [-0.1, -0.05) is 20.3 Å². The van der Waals surface area contributed by atoms with Gasteiger partial charge < -0.3 is 20.4 Å². The molecule has 0 heterocycles. The lowest BCUT2D eigenvalue weighted by Gasteiger charge is -2.08. The lowest BCUT2D eigenvalue weighted by Crippen LogP contribution is -2.09. The first kappa shape index (κ1) is 13.8. The van der Waals surface area contributed by atoms with Crippen LogP contribution in [0.15, 0.2) is 0 Å². The van der Waals surface area contributed by atoms with Crippen molar-refractivity contribution < 1.29 is 25.2 Å². The number of aliphatic hydroxyl groups excluding tert-OH is 1. The molecule has 0 aromatic rings. The van der Waals surface area contributed by atoms with E-state index in [1.807, 2.05) is 13.8 Å². The number of rotatable bonds is 3. The Bertz CT molecular complexity index is 108. The molecule has 0 aromatic carbocycles. The summed E-state index contributed by atoms with van der Waals surface area (Å²) < 4.78 is 0. The van der Waals surface area contributed by atoms with Gasteiger partial charge in [0.05, 0.1) is 0 Å². The van der Waals surface area contributed by atoms with E-state index >= 15 is 0 Å². The molecule has 0 radical (unpaired) electrons. The third kappa shape index (κ3) is 22.9. The van der Waals surface area contributed by atoms with Gasteiger partial charge in [-0.25, -0.2) is 4.79 Å². The molecule has 4 N–H and O–H groups in total. The molecular weight excluding hydrogens is 164 g/mol. The molecule has 0 aliphatic carbocycles. The first-order chi connectivity index (χ1) is 5.40. The van der Waals surface area contributed by atoms with Gasteiger partial charge in [0.1, 0.15) is 0 Å². The lowest BCUT2D eigenvalue weighted by molar-refractivity contribution is -0.0547. The van der Waals surface area contributed by atoms with E-state index in [0.717, 1.165) is 6.42 Å². The molecule has 1 unspecified atom stereocenters. The Labute approximate surface area is 71.3 Å². The minimum absolute atomic E-state index is 0.426. The van der Waals surface area contributed by atoms with Gasteiger partial charge in [-0.3, -0.25) is 0 Å². The number of hydrogen-bond acceptors (Lipinski definition) is 3. The molecule has 0 saturated carbocycles. The summed E-state index contributed by atoms with van der Waals surface area (Å²) in [6.45, 7) is 4.03. The summed E-state index contributed by atoms with van der Waals surface area (Å²) in [5, 5.41) is 30.8. The Balaban J connectivity index is 0.